The molecule has 0 aromatic rings. The highest BCUT2D eigenvalue weighted by Gasteiger charge is 2.40. The summed E-state index contributed by atoms with van der Waals surface area (Å²) >= 11 is 0. The van der Waals surface area contributed by atoms with Gasteiger partial charge in [0.15, 0.2) is 0 Å². The first-order valence-electron chi connectivity index (χ1n) is 7.63. The van der Waals surface area contributed by atoms with E-state index < -0.39 is 0 Å². The van der Waals surface area contributed by atoms with Crippen molar-refractivity contribution in [3.63, 3.8) is 0 Å². The maximum absolute atomic E-state index is 12.2. The van der Waals surface area contributed by atoms with Gasteiger partial charge in [-0.3, -0.25) is 4.79 Å². The molecular weight excluding hydrogens is 260 g/mol. The minimum absolute atomic E-state index is 0. The number of hydrogen-bond acceptors (Lipinski definition) is 2. The predicted octanol–water partition coefficient (Wildman–Crippen LogP) is 2.87. The van der Waals surface area contributed by atoms with Crippen molar-refractivity contribution in [1.29, 1.82) is 0 Å². The number of nitrogens with two attached hydrogens (primary N) is 1. The molecule has 0 spiro atoms. The Bertz CT molecular complexity index is 296. The van der Waals surface area contributed by atoms with Crippen LogP contribution in [0.15, 0.2) is 0 Å². The lowest BCUT2D eigenvalue weighted by Gasteiger charge is -2.32. The number of hydrogen-bond donors (Lipinski definition) is 2. The van der Waals surface area contributed by atoms with Gasteiger partial charge in [0.05, 0.1) is 5.54 Å². The van der Waals surface area contributed by atoms with Crippen molar-refractivity contribution in [3.05, 3.63) is 0 Å². The molecule has 0 saturated heterocycles. The van der Waals surface area contributed by atoms with Crippen molar-refractivity contribution < 1.29 is 4.79 Å². The van der Waals surface area contributed by atoms with Gasteiger partial charge in [0, 0.05) is 13.0 Å². The second-order valence-corrected chi connectivity index (χ2v) is 6.38. The summed E-state index contributed by atoms with van der Waals surface area (Å²) in [6, 6.07) is 0. The summed E-state index contributed by atoms with van der Waals surface area (Å²) in [5.74, 6) is 2.62. The lowest BCUT2D eigenvalue weighted by molar-refractivity contribution is -0.124. The summed E-state index contributed by atoms with van der Waals surface area (Å²) in [6.45, 7) is 4.75. The molecule has 3 nitrogen and oxygen atoms in total. The number of halogens is 1. The van der Waals surface area contributed by atoms with E-state index in [2.05, 4.69) is 19.2 Å². The molecule has 3 atom stereocenters. The van der Waals surface area contributed by atoms with Crippen LogP contribution in [0.2, 0.25) is 0 Å². The van der Waals surface area contributed by atoms with Crippen molar-refractivity contribution in [3.8, 4) is 0 Å². The Labute approximate surface area is 123 Å². The van der Waals surface area contributed by atoms with Gasteiger partial charge in [-0.15, -0.1) is 12.4 Å². The van der Waals surface area contributed by atoms with E-state index in [1.807, 2.05) is 0 Å². The lowest BCUT2D eigenvalue weighted by Crippen LogP contribution is -2.53. The molecular formula is C15H29ClN2O. The molecule has 2 saturated carbocycles. The number of fused-ring (bicyclic) bond motifs is 2. The van der Waals surface area contributed by atoms with E-state index in [9.17, 15) is 4.79 Å². The first-order chi connectivity index (χ1) is 8.62. The second-order valence-electron chi connectivity index (χ2n) is 6.38. The molecule has 112 valence electrons. The van der Waals surface area contributed by atoms with Crippen LogP contribution in [0.3, 0.4) is 0 Å². The first kappa shape index (κ1) is 16.8. The largest absolute Gasteiger partial charge is 0.349 e. The minimum atomic E-state index is -0.172. The SMILES string of the molecule is CCC(CC)(CN)NC(=O)CC1CC2CCC1C2.Cl. The third-order valence-electron chi connectivity index (χ3n) is 5.48. The molecule has 0 aromatic carbocycles. The average Bonchev–Trinajstić information content (AvgIpc) is 2.98. The molecule has 3 unspecified atom stereocenters. The summed E-state index contributed by atoms with van der Waals surface area (Å²) in [6.07, 6.45) is 7.98. The van der Waals surface area contributed by atoms with E-state index in [-0.39, 0.29) is 23.9 Å². The summed E-state index contributed by atoms with van der Waals surface area (Å²) in [4.78, 5) is 12.2. The van der Waals surface area contributed by atoms with Crippen LogP contribution >= 0.6 is 12.4 Å². The van der Waals surface area contributed by atoms with E-state index in [0.717, 1.165) is 31.1 Å². The summed E-state index contributed by atoms with van der Waals surface area (Å²) in [5, 5.41) is 3.20. The van der Waals surface area contributed by atoms with Gasteiger partial charge in [-0.1, -0.05) is 20.3 Å². The van der Waals surface area contributed by atoms with Crippen molar-refractivity contribution >= 4 is 18.3 Å². The topological polar surface area (TPSA) is 55.1 Å². The van der Waals surface area contributed by atoms with E-state index in [4.69, 9.17) is 5.73 Å². The smallest absolute Gasteiger partial charge is 0.220 e. The zero-order valence-corrected chi connectivity index (χ0v) is 13.1. The zero-order valence-electron chi connectivity index (χ0n) is 12.3. The number of carbonyl (C=O) groups is 1. The number of nitrogens with one attached hydrogen (secondary N) is 1. The van der Waals surface area contributed by atoms with Crippen molar-refractivity contribution in [2.75, 3.05) is 6.54 Å². The van der Waals surface area contributed by atoms with Crippen molar-refractivity contribution in [1.82, 2.24) is 5.32 Å². The molecule has 2 fully saturated rings. The quantitative estimate of drug-likeness (QED) is 0.790. The maximum atomic E-state index is 12.2. The Morgan fingerprint density at radius 2 is 1.95 bits per heavy atom. The van der Waals surface area contributed by atoms with Crippen LogP contribution in [0.5, 0.6) is 0 Å². The third-order valence-corrected chi connectivity index (χ3v) is 5.48. The number of amides is 1. The van der Waals surface area contributed by atoms with E-state index in [0.29, 0.717) is 12.5 Å². The van der Waals surface area contributed by atoms with Gasteiger partial charge in [0.2, 0.25) is 5.91 Å². The van der Waals surface area contributed by atoms with Crippen LogP contribution in [-0.4, -0.2) is 18.0 Å². The van der Waals surface area contributed by atoms with Gasteiger partial charge in [-0.2, -0.15) is 0 Å². The van der Waals surface area contributed by atoms with Crippen LogP contribution < -0.4 is 11.1 Å². The van der Waals surface area contributed by atoms with E-state index in [1.54, 1.807) is 0 Å². The molecule has 2 rings (SSSR count). The van der Waals surface area contributed by atoms with Gasteiger partial charge in [-0.05, 0) is 49.9 Å². The maximum Gasteiger partial charge on any atom is 0.220 e. The summed E-state index contributed by atoms with van der Waals surface area (Å²) in [7, 11) is 0. The van der Waals surface area contributed by atoms with Gasteiger partial charge < -0.3 is 11.1 Å². The van der Waals surface area contributed by atoms with Gasteiger partial charge in [0.1, 0.15) is 0 Å². The van der Waals surface area contributed by atoms with Crippen LogP contribution in [0.4, 0.5) is 0 Å². The Balaban J connectivity index is 0.00000180. The van der Waals surface area contributed by atoms with Gasteiger partial charge in [0.25, 0.3) is 0 Å². The average molecular weight is 289 g/mol. The van der Waals surface area contributed by atoms with E-state index >= 15 is 0 Å². The molecule has 0 radical (unpaired) electrons. The predicted molar refractivity (Wildman–Crippen MR) is 81.3 cm³/mol. The molecule has 0 heterocycles. The molecule has 0 aromatic heterocycles. The Hall–Kier alpha value is -0.280. The fraction of sp³-hybridized carbons (Fsp3) is 0.933. The highest BCUT2D eigenvalue weighted by molar-refractivity contribution is 5.85. The highest BCUT2D eigenvalue weighted by Crippen LogP contribution is 2.49. The normalized spacial score (nSPS) is 29.1. The van der Waals surface area contributed by atoms with Crippen molar-refractivity contribution in [2.45, 2.75) is 64.3 Å². The van der Waals surface area contributed by atoms with Gasteiger partial charge >= 0.3 is 0 Å². The highest BCUT2D eigenvalue weighted by atomic mass is 35.5. The molecule has 4 heteroatoms. The van der Waals surface area contributed by atoms with E-state index in [1.165, 1.54) is 25.7 Å². The minimum Gasteiger partial charge on any atom is -0.349 e. The molecule has 19 heavy (non-hydrogen) atoms. The zero-order chi connectivity index (χ0) is 13.2. The molecule has 3 N–H and O–H groups in total. The summed E-state index contributed by atoms with van der Waals surface area (Å²) in [5.41, 5.74) is 5.66. The first-order valence-corrected chi connectivity index (χ1v) is 7.63. The Kier molecular flexibility index (Phi) is 6.13. The van der Waals surface area contributed by atoms with Crippen molar-refractivity contribution in [2.24, 2.45) is 23.5 Å². The summed E-state index contributed by atoms with van der Waals surface area (Å²) < 4.78 is 0. The number of carbonyl (C=O) groups excluding carboxylic acids is 1. The standard InChI is InChI=1S/C15H28N2O.ClH/c1-3-15(4-2,10-16)17-14(18)9-13-8-11-5-6-12(13)7-11;/h11-13H,3-10,16H2,1-2H3,(H,17,18);1H. The monoisotopic (exact) mass is 288 g/mol. The molecule has 2 aliphatic rings. The fourth-order valence-electron chi connectivity index (χ4n) is 3.98. The molecule has 2 bridgehead atoms. The Morgan fingerprint density at radius 1 is 1.26 bits per heavy atom. The lowest BCUT2D eigenvalue weighted by atomic mass is 9.85. The molecule has 2 aliphatic carbocycles. The van der Waals surface area contributed by atoms with Crippen LogP contribution in [0.1, 0.15) is 58.8 Å². The second kappa shape index (κ2) is 6.94. The number of rotatable bonds is 6. The molecule has 1 amide bonds. The fourth-order valence-corrected chi connectivity index (χ4v) is 3.98. The molecule has 0 aliphatic heterocycles. The third kappa shape index (κ3) is 3.63. The van der Waals surface area contributed by atoms with Crippen LogP contribution in [-0.2, 0) is 4.79 Å². The van der Waals surface area contributed by atoms with Gasteiger partial charge in [-0.25, -0.2) is 0 Å². The van der Waals surface area contributed by atoms with Crippen LogP contribution in [0, 0.1) is 17.8 Å². The van der Waals surface area contributed by atoms with Crippen LogP contribution in [0.25, 0.3) is 0 Å². The Morgan fingerprint density at radius 3 is 2.37 bits per heavy atom.